The van der Waals surface area contributed by atoms with E-state index in [1.54, 1.807) is 13.8 Å². The van der Waals surface area contributed by atoms with Gasteiger partial charge in [0.25, 0.3) is 11.6 Å². The van der Waals surface area contributed by atoms with Crippen LogP contribution in [0, 0.1) is 13.8 Å². The number of carbonyl (C=O) groups excluding carboxylic acids is 1. The fourth-order valence-corrected chi connectivity index (χ4v) is 2.51. The second-order valence-corrected chi connectivity index (χ2v) is 5.75. The van der Waals surface area contributed by atoms with Gasteiger partial charge in [0.05, 0.1) is 0 Å². The molecule has 0 bridgehead atoms. The molecule has 2 rings (SSSR count). The Kier molecular flexibility index (Phi) is 7.76. The van der Waals surface area contributed by atoms with Gasteiger partial charge in [-0.3, -0.25) is 4.79 Å². The second-order valence-electron chi connectivity index (χ2n) is 5.75. The fourth-order valence-electron chi connectivity index (χ4n) is 2.51. The van der Waals surface area contributed by atoms with Gasteiger partial charge in [-0.2, -0.15) is 18.2 Å². The number of nitrogens with one attached hydrogen (secondary N) is 1. The zero-order valence-corrected chi connectivity index (χ0v) is 15.4. The fraction of sp³-hybridized carbons (Fsp3) is 0.600. The summed E-state index contributed by atoms with van der Waals surface area (Å²) in [5.74, 6) is -1.44. The summed E-state index contributed by atoms with van der Waals surface area (Å²) in [7, 11) is 0. The minimum atomic E-state index is -4.63. The molecule has 0 radical (unpaired) electrons. The normalized spacial score (nSPS) is 11.5. The Morgan fingerprint density at radius 1 is 1.23 bits per heavy atom. The van der Waals surface area contributed by atoms with Gasteiger partial charge in [0.1, 0.15) is 0 Å². The summed E-state index contributed by atoms with van der Waals surface area (Å²) >= 11 is 0. The molecule has 2 heterocycles. The first-order valence-corrected chi connectivity index (χ1v) is 8.01. The van der Waals surface area contributed by atoms with Gasteiger partial charge in [-0.05, 0) is 45.2 Å². The van der Waals surface area contributed by atoms with Gasteiger partial charge in [0, 0.05) is 24.4 Å². The maximum absolute atomic E-state index is 12.8. The number of fused-ring (bicyclic) bond motifs is 1. The van der Waals surface area contributed by atoms with Gasteiger partial charge in [0.2, 0.25) is 5.91 Å². The van der Waals surface area contributed by atoms with Crippen LogP contribution in [-0.4, -0.2) is 38.6 Å². The molecule has 11 heteroatoms. The van der Waals surface area contributed by atoms with Crippen LogP contribution in [0.25, 0.3) is 5.78 Å². The van der Waals surface area contributed by atoms with Gasteiger partial charge >= 0.3 is 6.18 Å². The molecule has 7 nitrogen and oxygen atoms in total. The van der Waals surface area contributed by atoms with E-state index in [1.807, 2.05) is 0 Å². The molecule has 0 unspecified atom stereocenters. The molecule has 0 aromatic carbocycles. The van der Waals surface area contributed by atoms with Crippen LogP contribution in [-0.2, 0) is 17.4 Å². The number of alkyl halides is 3. The Bertz CT molecular complexity index is 762. The van der Waals surface area contributed by atoms with Crippen molar-refractivity contribution in [3.8, 4) is 0 Å². The number of hydrogen-bond acceptors (Lipinski definition) is 5. The average molecular weight is 395 g/mol. The minimum Gasteiger partial charge on any atom is -0.356 e. The summed E-state index contributed by atoms with van der Waals surface area (Å²) in [6.45, 7) is 4.47. The lowest BCUT2D eigenvalue weighted by atomic mass is 10.1. The van der Waals surface area contributed by atoms with E-state index in [2.05, 4.69) is 20.4 Å². The highest BCUT2D eigenvalue weighted by Crippen LogP contribution is 2.27. The number of aromatic nitrogens is 4. The topological polar surface area (TPSA) is 98.2 Å². The lowest BCUT2D eigenvalue weighted by Crippen LogP contribution is -2.25. The van der Waals surface area contributed by atoms with E-state index in [4.69, 9.17) is 5.73 Å². The van der Waals surface area contributed by atoms with Crippen molar-refractivity contribution in [3.05, 3.63) is 22.8 Å². The molecule has 3 N–H and O–H groups in total. The first kappa shape index (κ1) is 22.1. The van der Waals surface area contributed by atoms with Crippen LogP contribution < -0.4 is 11.1 Å². The predicted molar refractivity (Wildman–Crippen MR) is 92.1 cm³/mol. The third-order valence-electron chi connectivity index (χ3n) is 3.86. The van der Waals surface area contributed by atoms with E-state index < -0.39 is 12.0 Å². The third kappa shape index (κ3) is 5.28. The lowest BCUT2D eigenvalue weighted by Gasteiger charge is -2.10. The smallest absolute Gasteiger partial charge is 0.356 e. The third-order valence-corrected chi connectivity index (χ3v) is 3.86. The van der Waals surface area contributed by atoms with Crippen LogP contribution in [0.2, 0.25) is 0 Å². The highest BCUT2D eigenvalue weighted by Gasteiger charge is 2.36. The summed E-state index contributed by atoms with van der Waals surface area (Å²) in [6.07, 6.45) is -2.39. The number of unbranched alkanes of at least 4 members (excludes halogenated alkanes) is 1. The van der Waals surface area contributed by atoms with E-state index in [0.29, 0.717) is 36.5 Å². The SMILES string of the molecule is Cc1nc2nc(C(F)(F)F)nn2c(C)c1CCC(=O)NCCCCN.Cl. The van der Waals surface area contributed by atoms with Crippen LogP contribution in [0.4, 0.5) is 13.2 Å². The number of amides is 1. The number of nitrogens with zero attached hydrogens (tertiary/aromatic N) is 4. The van der Waals surface area contributed by atoms with Crippen molar-refractivity contribution in [1.29, 1.82) is 0 Å². The lowest BCUT2D eigenvalue weighted by molar-refractivity contribution is -0.144. The standard InChI is InChI=1S/C15H21F3N6O.ClH/c1-9-11(5-6-12(25)20-8-4-3-7-19)10(2)24-14(21-9)22-13(23-24)15(16,17)18;/h3-8,19H2,1-2H3,(H,20,25);1H. The largest absolute Gasteiger partial charge is 0.453 e. The number of nitrogens with two attached hydrogens (primary N) is 1. The highest BCUT2D eigenvalue weighted by atomic mass is 35.5. The maximum atomic E-state index is 12.8. The van der Waals surface area contributed by atoms with E-state index >= 15 is 0 Å². The number of hydrogen-bond donors (Lipinski definition) is 2. The summed E-state index contributed by atoms with van der Waals surface area (Å²) < 4.78 is 39.4. The Morgan fingerprint density at radius 2 is 1.92 bits per heavy atom. The highest BCUT2D eigenvalue weighted by molar-refractivity contribution is 5.85. The van der Waals surface area contributed by atoms with Crippen molar-refractivity contribution >= 4 is 24.1 Å². The molecule has 0 saturated heterocycles. The molecular formula is C15H22ClF3N6O. The zero-order chi connectivity index (χ0) is 18.6. The zero-order valence-electron chi connectivity index (χ0n) is 14.6. The van der Waals surface area contributed by atoms with Gasteiger partial charge in [-0.25, -0.2) is 9.50 Å². The molecule has 26 heavy (non-hydrogen) atoms. The van der Waals surface area contributed by atoms with Crippen LogP contribution in [0.3, 0.4) is 0 Å². The first-order valence-electron chi connectivity index (χ1n) is 8.01. The second kappa shape index (κ2) is 9.13. The quantitative estimate of drug-likeness (QED) is 0.699. The molecule has 1 amide bonds. The number of carbonyl (C=O) groups is 1. The first-order chi connectivity index (χ1) is 11.7. The van der Waals surface area contributed by atoms with E-state index in [9.17, 15) is 18.0 Å². The van der Waals surface area contributed by atoms with Crippen molar-refractivity contribution in [2.45, 2.75) is 45.7 Å². The molecule has 0 aliphatic rings. The van der Waals surface area contributed by atoms with Gasteiger partial charge in [-0.1, -0.05) is 0 Å². The summed E-state index contributed by atoms with van der Waals surface area (Å²) in [4.78, 5) is 19.4. The number of halogens is 4. The molecular weight excluding hydrogens is 373 g/mol. The Labute approximate surface area is 155 Å². The summed E-state index contributed by atoms with van der Waals surface area (Å²) in [5, 5.41) is 6.28. The summed E-state index contributed by atoms with van der Waals surface area (Å²) in [5.41, 5.74) is 7.13. The van der Waals surface area contributed by atoms with Crippen LogP contribution in [0.5, 0.6) is 0 Å². The number of rotatable bonds is 7. The van der Waals surface area contributed by atoms with Crippen LogP contribution in [0.1, 0.15) is 42.0 Å². The van der Waals surface area contributed by atoms with Gasteiger partial charge in [0.15, 0.2) is 0 Å². The Hall–Kier alpha value is -1.94. The molecule has 0 spiro atoms. The van der Waals surface area contributed by atoms with Crippen molar-refractivity contribution in [1.82, 2.24) is 24.9 Å². The van der Waals surface area contributed by atoms with Crippen LogP contribution in [0.15, 0.2) is 0 Å². The molecule has 0 saturated carbocycles. The predicted octanol–water partition coefficient (Wildman–Crippen LogP) is 1.97. The molecule has 146 valence electrons. The van der Waals surface area contributed by atoms with Crippen molar-refractivity contribution in [3.63, 3.8) is 0 Å². The van der Waals surface area contributed by atoms with Gasteiger partial charge in [-0.15, -0.1) is 17.5 Å². The number of aryl methyl sites for hydroxylation is 2. The van der Waals surface area contributed by atoms with Crippen molar-refractivity contribution in [2.24, 2.45) is 5.73 Å². The molecule has 0 aliphatic carbocycles. The molecule has 2 aromatic heterocycles. The minimum absolute atomic E-state index is 0. The van der Waals surface area contributed by atoms with E-state index in [1.165, 1.54) is 0 Å². The van der Waals surface area contributed by atoms with Crippen LogP contribution >= 0.6 is 12.4 Å². The average Bonchev–Trinajstić information content (AvgIpc) is 2.95. The van der Waals surface area contributed by atoms with Crippen molar-refractivity contribution in [2.75, 3.05) is 13.1 Å². The van der Waals surface area contributed by atoms with E-state index in [0.717, 1.165) is 17.4 Å². The molecule has 0 atom stereocenters. The maximum Gasteiger partial charge on any atom is 0.453 e. The Morgan fingerprint density at radius 3 is 2.54 bits per heavy atom. The van der Waals surface area contributed by atoms with E-state index in [-0.39, 0.29) is 30.5 Å². The molecule has 0 aliphatic heterocycles. The summed E-state index contributed by atoms with van der Waals surface area (Å²) in [6, 6.07) is 0. The van der Waals surface area contributed by atoms with Crippen molar-refractivity contribution < 1.29 is 18.0 Å². The molecule has 2 aromatic rings. The van der Waals surface area contributed by atoms with Gasteiger partial charge < -0.3 is 11.1 Å². The monoisotopic (exact) mass is 394 g/mol. The Balaban J connectivity index is 0.00000338. The molecule has 0 fully saturated rings.